The fourth-order valence-corrected chi connectivity index (χ4v) is 2.66. The molecule has 1 aliphatic carbocycles. The highest BCUT2D eigenvalue weighted by atomic mass is 19.1. The lowest BCUT2D eigenvalue weighted by Crippen LogP contribution is -2.03. The molecule has 2 aromatic heterocycles. The molecule has 1 atom stereocenters. The van der Waals surface area contributed by atoms with Gasteiger partial charge in [0.2, 0.25) is 0 Å². The zero-order valence-electron chi connectivity index (χ0n) is 10.6. The normalized spacial score (nSPS) is 16.7. The van der Waals surface area contributed by atoms with Crippen molar-refractivity contribution in [3.8, 4) is 0 Å². The molecule has 1 aliphatic rings. The molecule has 1 fully saturated rings. The molecule has 0 spiro atoms. The third-order valence-electron chi connectivity index (χ3n) is 3.82. The number of aromatic nitrogens is 2. The van der Waals surface area contributed by atoms with E-state index in [0.29, 0.717) is 22.7 Å². The number of hydrogen-bond donors (Lipinski definition) is 2. The summed E-state index contributed by atoms with van der Waals surface area (Å²) in [5, 5.41) is 11.1. The van der Waals surface area contributed by atoms with Crippen LogP contribution in [0.2, 0.25) is 0 Å². The molecular formula is C15H13FN2O2. The van der Waals surface area contributed by atoms with Crippen LogP contribution in [0.25, 0.3) is 11.0 Å². The summed E-state index contributed by atoms with van der Waals surface area (Å²) >= 11 is 0. The van der Waals surface area contributed by atoms with Crippen molar-refractivity contribution in [3.05, 3.63) is 53.6 Å². The molecule has 2 heterocycles. The number of benzene rings is 1. The van der Waals surface area contributed by atoms with Crippen LogP contribution < -0.4 is 0 Å². The van der Waals surface area contributed by atoms with E-state index in [2.05, 4.69) is 9.97 Å². The smallest absolute Gasteiger partial charge is 0.170 e. The summed E-state index contributed by atoms with van der Waals surface area (Å²) < 4.78 is 19.2. The quantitative estimate of drug-likeness (QED) is 0.769. The Morgan fingerprint density at radius 1 is 1.40 bits per heavy atom. The Morgan fingerprint density at radius 3 is 2.95 bits per heavy atom. The van der Waals surface area contributed by atoms with Gasteiger partial charge in [0.05, 0.1) is 6.26 Å². The van der Waals surface area contributed by atoms with Crippen LogP contribution in [0.1, 0.15) is 41.8 Å². The summed E-state index contributed by atoms with van der Waals surface area (Å²) in [7, 11) is 0. The number of imidazole rings is 1. The molecule has 0 radical (unpaired) electrons. The molecule has 4 rings (SSSR count). The van der Waals surface area contributed by atoms with E-state index in [1.807, 2.05) is 0 Å². The molecule has 1 aromatic carbocycles. The van der Waals surface area contributed by atoms with Crippen molar-refractivity contribution >= 4 is 11.0 Å². The fraction of sp³-hybridized carbons (Fsp3) is 0.267. The lowest BCUT2D eigenvalue weighted by molar-refractivity contribution is 0.212. The summed E-state index contributed by atoms with van der Waals surface area (Å²) in [4.78, 5) is 6.95. The van der Waals surface area contributed by atoms with Crippen LogP contribution in [0.3, 0.4) is 0 Å². The summed E-state index contributed by atoms with van der Waals surface area (Å²) in [6.07, 6.45) is 6.10. The minimum atomic E-state index is -0.914. The van der Waals surface area contributed by atoms with Gasteiger partial charge in [-0.2, -0.15) is 0 Å². The second-order valence-corrected chi connectivity index (χ2v) is 5.18. The van der Waals surface area contributed by atoms with Crippen LogP contribution in [-0.2, 0) is 0 Å². The number of hydrogen-bond acceptors (Lipinski definition) is 3. The van der Waals surface area contributed by atoms with Crippen molar-refractivity contribution in [2.24, 2.45) is 0 Å². The van der Waals surface area contributed by atoms with E-state index >= 15 is 0 Å². The van der Waals surface area contributed by atoms with Gasteiger partial charge < -0.3 is 14.5 Å². The molecule has 0 aliphatic heterocycles. The molecule has 5 heteroatoms. The summed E-state index contributed by atoms with van der Waals surface area (Å²) in [5.74, 6) is 0.462. The number of halogens is 1. The monoisotopic (exact) mass is 272 g/mol. The number of aromatic amines is 1. The van der Waals surface area contributed by atoms with Gasteiger partial charge in [-0.25, -0.2) is 9.37 Å². The highest BCUT2D eigenvalue weighted by Gasteiger charge is 2.30. The second-order valence-electron chi connectivity index (χ2n) is 5.18. The Labute approximate surface area is 114 Å². The largest absolute Gasteiger partial charge is 0.461 e. The Morgan fingerprint density at radius 2 is 2.25 bits per heavy atom. The standard InChI is InChI=1S/C15H13FN2O2/c16-11-4-3-9(13(19)15-17-5-6-18-15)12-10(8-1-2-8)7-20-14(11)12/h3-8,13,19H,1-2H2,(H,17,18)/t13-/m0/s1. The van der Waals surface area contributed by atoms with Crippen LogP contribution in [0.4, 0.5) is 4.39 Å². The number of aliphatic hydroxyl groups is 1. The van der Waals surface area contributed by atoms with Gasteiger partial charge in [0.25, 0.3) is 0 Å². The third kappa shape index (κ3) is 1.67. The van der Waals surface area contributed by atoms with E-state index in [1.54, 1.807) is 24.7 Å². The first-order valence-electron chi connectivity index (χ1n) is 6.62. The highest BCUT2D eigenvalue weighted by Crippen LogP contribution is 2.46. The predicted molar refractivity (Wildman–Crippen MR) is 70.8 cm³/mol. The van der Waals surface area contributed by atoms with E-state index in [4.69, 9.17) is 4.42 Å². The van der Waals surface area contributed by atoms with E-state index in [0.717, 1.165) is 18.4 Å². The minimum Gasteiger partial charge on any atom is -0.461 e. The Bertz CT molecular complexity index is 760. The molecule has 0 saturated heterocycles. The predicted octanol–water partition coefficient (Wildman–Crippen LogP) is 3.25. The van der Waals surface area contributed by atoms with Crippen molar-refractivity contribution < 1.29 is 13.9 Å². The summed E-state index contributed by atoms with van der Waals surface area (Å²) in [6, 6.07) is 2.93. The maximum Gasteiger partial charge on any atom is 0.170 e. The molecule has 1 saturated carbocycles. The topological polar surface area (TPSA) is 62.1 Å². The number of nitrogens with zero attached hydrogens (tertiary/aromatic N) is 1. The van der Waals surface area contributed by atoms with E-state index in [-0.39, 0.29) is 5.58 Å². The Hall–Kier alpha value is -2.14. The molecule has 0 amide bonds. The van der Waals surface area contributed by atoms with Gasteiger partial charge >= 0.3 is 0 Å². The maximum absolute atomic E-state index is 13.9. The lowest BCUT2D eigenvalue weighted by atomic mass is 9.99. The molecule has 0 bridgehead atoms. The van der Waals surface area contributed by atoms with Gasteiger partial charge in [0, 0.05) is 23.3 Å². The van der Waals surface area contributed by atoms with Gasteiger partial charge in [-0.1, -0.05) is 6.07 Å². The van der Waals surface area contributed by atoms with Crippen LogP contribution >= 0.6 is 0 Å². The second kappa shape index (κ2) is 4.18. The van der Waals surface area contributed by atoms with Crippen LogP contribution in [-0.4, -0.2) is 15.1 Å². The van der Waals surface area contributed by atoms with Crippen molar-refractivity contribution in [1.82, 2.24) is 9.97 Å². The Balaban J connectivity index is 1.94. The van der Waals surface area contributed by atoms with Crippen molar-refractivity contribution in [3.63, 3.8) is 0 Å². The van der Waals surface area contributed by atoms with Crippen molar-refractivity contribution in [2.45, 2.75) is 24.9 Å². The molecule has 3 aromatic rings. The van der Waals surface area contributed by atoms with Gasteiger partial charge in [0.1, 0.15) is 11.9 Å². The third-order valence-corrected chi connectivity index (χ3v) is 3.82. The van der Waals surface area contributed by atoms with Gasteiger partial charge in [-0.05, 0) is 30.4 Å². The van der Waals surface area contributed by atoms with Crippen molar-refractivity contribution in [1.29, 1.82) is 0 Å². The number of rotatable bonds is 3. The zero-order chi connectivity index (χ0) is 13.7. The lowest BCUT2D eigenvalue weighted by Gasteiger charge is -2.11. The fourth-order valence-electron chi connectivity index (χ4n) is 2.66. The molecular weight excluding hydrogens is 259 g/mol. The van der Waals surface area contributed by atoms with Crippen molar-refractivity contribution in [2.75, 3.05) is 0 Å². The number of H-pyrrole nitrogens is 1. The van der Waals surface area contributed by atoms with Gasteiger partial charge in [0.15, 0.2) is 11.4 Å². The van der Waals surface area contributed by atoms with Crippen LogP contribution in [0.15, 0.2) is 35.2 Å². The maximum atomic E-state index is 13.9. The molecule has 4 nitrogen and oxygen atoms in total. The molecule has 102 valence electrons. The SMILES string of the molecule is O[C@H](c1ncc[nH]1)c1ccc(F)c2occ(C3CC3)c12. The first-order chi connectivity index (χ1) is 9.75. The van der Waals surface area contributed by atoms with Crippen LogP contribution in [0, 0.1) is 5.82 Å². The summed E-state index contributed by atoms with van der Waals surface area (Å²) in [5.41, 5.74) is 1.84. The van der Waals surface area contributed by atoms with E-state index < -0.39 is 11.9 Å². The molecule has 2 N–H and O–H groups in total. The average molecular weight is 272 g/mol. The molecule has 20 heavy (non-hydrogen) atoms. The first-order valence-corrected chi connectivity index (χ1v) is 6.62. The van der Waals surface area contributed by atoms with Gasteiger partial charge in [-0.15, -0.1) is 0 Å². The zero-order valence-corrected chi connectivity index (χ0v) is 10.6. The average Bonchev–Trinajstić information content (AvgIpc) is 2.99. The number of fused-ring (bicyclic) bond motifs is 1. The summed E-state index contributed by atoms with van der Waals surface area (Å²) in [6.45, 7) is 0. The first kappa shape index (κ1) is 11.7. The number of aliphatic hydroxyl groups excluding tert-OH is 1. The van der Waals surface area contributed by atoms with Gasteiger partial charge in [-0.3, -0.25) is 0 Å². The minimum absolute atomic E-state index is 0.218. The number of nitrogens with one attached hydrogen (secondary N) is 1. The van der Waals surface area contributed by atoms with E-state index in [9.17, 15) is 9.50 Å². The van der Waals surface area contributed by atoms with E-state index in [1.165, 1.54) is 6.07 Å². The number of furan rings is 1. The Kier molecular flexibility index (Phi) is 2.44. The highest BCUT2D eigenvalue weighted by molar-refractivity contribution is 5.86. The van der Waals surface area contributed by atoms with Crippen LogP contribution in [0.5, 0.6) is 0 Å². The molecule has 0 unspecified atom stereocenters.